The quantitative estimate of drug-likeness (QED) is 0.126. The van der Waals surface area contributed by atoms with E-state index in [9.17, 15) is 9.36 Å². The third-order valence-electron chi connectivity index (χ3n) is 8.37. The van der Waals surface area contributed by atoms with Crippen molar-refractivity contribution in [2.45, 2.75) is 93.5 Å². The second-order valence-corrected chi connectivity index (χ2v) is 16.1. The standard InChI is InChI=1S/C28H50ClN6O2P/c1-7-19-16-20(12-11-15-35(3)4)24(31-26(36)8-2)17-23(19)33-28-30-18-21(29)27(34-28)32-22-13-9-10-14-25(22)38(5,6)37/h8,19-25,27-28,30,32-34H,2,7,9-10,13-18H2,1,3-6H3,(H,31,36). The van der Waals surface area contributed by atoms with Crippen molar-refractivity contribution in [1.82, 2.24) is 31.5 Å². The van der Waals surface area contributed by atoms with Gasteiger partial charge in [-0.1, -0.05) is 44.6 Å². The van der Waals surface area contributed by atoms with Crippen molar-refractivity contribution in [3.8, 4) is 11.8 Å². The highest BCUT2D eigenvalue weighted by atomic mass is 35.5. The zero-order valence-corrected chi connectivity index (χ0v) is 25.6. The number of carbonyl (C=O) groups excluding carboxylic acids is 1. The molecule has 8 nitrogen and oxygen atoms in total. The van der Waals surface area contributed by atoms with Crippen molar-refractivity contribution < 1.29 is 9.36 Å². The van der Waals surface area contributed by atoms with Crippen LogP contribution in [0.25, 0.3) is 0 Å². The molecule has 0 spiro atoms. The number of hydrogen-bond donors (Lipinski definition) is 5. The van der Waals surface area contributed by atoms with E-state index in [1.807, 2.05) is 27.4 Å². The van der Waals surface area contributed by atoms with E-state index in [1.165, 1.54) is 6.08 Å². The smallest absolute Gasteiger partial charge is 0.243 e. The summed E-state index contributed by atoms with van der Waals surface area (Å²) in [4.78, 5) is 14.3. The summed E-state index contributed by atoms with van der Waals surface area (Å²) >= 11 is 6.75. The van der Waals surface area contributed by atoms with Crippen molar-refractivity contribution >= 4 is 24.7 Å². The maximum Gasteiger partial charge on any atom is 0.243 e. The van der Waals surface area contributed by atoms with E-state index in [-0.39, 0.29) is 53.4 Å². The zero-order chi connectivity index (χ0) is 27.9. The van der Waals surface area contributed by atoms with Crippen molar-refractivity contribution in [2.75, 3.05) is 40.5 Å². The van der Waals surface area contributed by atoms with E-state index in [0.29, 0.717) is 19.0 Å². The SMILES string of the molecule is C=CC(=O)NC1CC(NC2NCC(Cl)C(NC3CCCCC3P(C)(C)=O)N2)C(CC)CC1C#CCN(C)C. The molecule has 1 saturated heterocycles. The molecule has 2 saturated carbocycles. The van der Waals surface area contributed by atoms with Crippen molar-refractivity contribution in [3.63, 3.8) is 0 Å². The molecule has 0 bridgehead atoms. The minimum atomic E-state index is -2.20. The Morgan fingerprint density at radius 2 is 1.89 bits per heavy atom. The van der Waals surface area contributed by atoms with E-state index in [1.54, 1.807) is 0 Å². The van der Waals surface area contributed by atoms with Crippen LogP contribution in [0.3, 0.4) is 0 Å². The molecule has 5 N–H and O–H groups in total. The molecule has 3 aliphatic rings. The summed E-state index contributed by atoms with van der Waals surface area (Å²) in [6, 6.07) is 0.369. The summed E-state index contributed by atoms with van der Waals surface area (Å²) in [5.74, 6) is 7.12. The fourth-order valence-corrected chi connectivity index (χ4v) is 8.42. The average Bonchev–Trinajstić information content (AvgIpc) is 2.86. The van der Waals surface area contributed by atoms with Crippen LogP contribution in [-0.2, 0) is 9.36 Å². The molecule has 3 rings (SSSR count). The first kappa shape index (κ1) is 31.6. The van der Waals surface area contributed by atoms with Gasteiger partial charge >= 0.3 is 0 Å². The number of nitrogens with zero attached hydrogens (tertiary/aromatic N) is 1. The molecule has 0 aromatic heterocycles. The first-order chi connectivity index (χ1) is 18.0. The second-order valence-electron chi connectivity index (χ2n) is 12.0. The molecule has 2 aliphatic carbocycles. The minimum Gasteiger partial charge on any atom is -0.349 e. The van der Waals surface area contributed by atoms with Crippen LogP contribution >= 0.6 is 18.7 Å². The molecule has 1 amide bonds. The van der Waals surface area contributed by atoms with Crippen LogP contribution in [0.1, 0.15) is 51.9 Å². The lowest BCUT2D eigenvalue weighted by Gasteiger charge is -2.45. The number of carbonyl (C=O) groups is 1. The molecule has 10 heteroatoms. The van der Waals surface area contributed by atoms with E-state index >= 15 is 0 Å². The van der Waals surface area contributed by atoms with E-state index in [0.717, 1.165) is 44.9 Å². The van der Waals surface area contributed by atoms with Gasteiger partial charge in [0.25, 0.3) is 0 Å². The molecule has 0 aromatic carbocycles. The summed E-state index contributed by atoms with van der Waals surface area (Å²) < 4.78 is 13.0. The highest BCUT2D eigenvalue weighted by Crippen LogP contribution is 2.49. The third kappa shape index (κ3) is 9.06. The first-order valence-corrected chi connectivity index (χ1v) is 17.4. The molecule has 1 heterocycles. The average molecular weight is 569 g/mol. The molecule has 0 aromatic rings. The van der Waals surface area contributed by atoms with Crippen molar-refractivity contribution in [2.24, 2.45) is 11.8 Å². The topological polar surface area (TPSA) is 97.5 Å². The van der Waals surface area contributed by atoms with E-state index in [2.05, 4.69) is 56.8 Å². The molecular weight excluding hydrogens is 519 g/mol. The number of rotatable bonds is 9. The Labute approximate surface area is 235 Å². The van der Waals surface area contributed by atoms with Gasteiger partial charge in [0.05, 0.1) is 25.2 Å². The fourth-order valence-electron chi connectivity index (χ4n) is 6.28. The Morgan fingerprint density at radius 1 is 1.16 bits per heavy atom. The highest BCUT2D eigenvalue weighted by Gasteiger charge is 2.40. The van der Waals surface area contributed by atoms with Gasteiger partial charge in [-0.2, -0.15) is 0 Å². The molecule has 9 atom stereocenters. The summed E-state index contributed by atoms with van der Waals surface area (Å²) in [6.45, 7) is 11.1. The second kappa shape index (κ2) is 14.6. The number of nitrogens with one attached hydrogen (secondary N) is 5. The molecule has 0 radical (unpaired) electrons. The lowest BCUT2D eigenvalue weighted by molar-refractivity contribution is -0.117. The Morgan fingerprint density at radius 3 is 2.55 bits per heavy atom. The van der Waals surface area contributed by atoms with Gasteiger partial charge in [0.1, 0.15) is 6.29 Å². The van der Waals surface area contributed by atoms with Crippen LogP contribution in [0.5, 0.6) is 0 Å². The van der Waals surface area contributed by atoms with Crippen LogP contribution < -0.4 is 26.6 Å². The summed E-state index contributed by atoms with van der Waals surface area (Å²) in [5, 5.41) is 17.7. The minimum absolute atomic E-state index is 0.0417. The molecule has 216 valence electrons. The van der Waals surface area contributed by atoms with Gasteiger partial charge in [-0.25, -0.2) is 0 Å². The number of hydrogen-bond acceptors (Lipinski definition) is 7. The summed E-state index contributed by atoms with van der Waals surface area (Å²) in [6.07, 6.45) is 8.23. The fraction of sp³-hybridized carbons (Fsp3) is 0.821. The zero-order valence-electron chi connectivity index (χ0n) is 23.9. The predicted molar refractivity (Wildman–Crippen MR) is 159 cm³/mol. The molecule has 1 aliphatic heterocycles. The van der Waals surface area contributed by atoms with Gasteiger partial charge in [0, 0.05) is 36.2 Å². The Hall–Kier alpha value is -0.910. The van der Waals surface area contributed by atoms with E-state index in [4.69, 9.17) is 11.6 Å². The van der Waals surface area contributed by atoms with Gasteiger partial charge in [-0.3, -0.25) is 31.0 Å². The normalized spacial score (nSPS) is 36.2. The summed E-state index contributed by atoms with van der Waals surface area (Å²) in [5.41, 5.74) is 0.200. The van der Waals surface area contributed by atoms with Gasteiger partial charge in [-0.05, 0) is 65.1 Å². The maximum atomic E-state index is 13.0. The van der Waals surface area contributed by atoms with E-state index < -0.39 is 7.14 Å². The van der Waals surface area contributed by atoms with Crippen molar-refractivity contribution in [3.05, 3.63) is 12.7 Å². The van der Waals surface area contributed by atoms with Crippen LogP contribution in [0.15, 0.2) is 12.7 Å². The van der Waals surface area contributed by atoms with Crippen LogP contribution in [-0.4, -0.2) is 92.9 Å². The Balaban J connectivity index is 1.67. The molecule has 9 unspecified atom stereocenters. The van der Waals surface area contributed by atoms with Crippen LogP contribution in [0, 0.1) is 23.7 Å². The van der Waals surface area contributed by atoms with Gasteiger partial charge in [0.15, 0.2) is 0 Å². The highest BCUT2D eigenvalue weighted by molar-refractivity contribution is 7.63. The summed E-state index contributed by atoms with van der Waals surface area (Å²) in [7, 11) is 1.82. The predicted octanol–water partition coefficient (Wildman–Crippen LogP) is 2.55. The Bertz CT molecular complexity index is 902. The number of alkyl halides is 1. The maximum absolute atomic E-state index is 13.0. The van der Waals surface area contributed by atoms with Gasteiger partial charge in [-0.15, -0.1) is 11.6 Å². The number of halogens is 1. The molecule has 3 fully saturated rings. The van der Waals surface area contributed by atoms with Crippen molar-refractivity contribution in [1.29, 1.82) is 0 Å². The lowest BCUT2D eigenvalue weighted by atomic mass is 9.74. The van der Waals surface area contributed by atoms with Gasteiger partial charge < -0.3 is 9.88 Å². The monoisotopic (exact) mass is 568 g/mol. The molecular formula is C28H50ClN6O2P. The van der Waals surface area contributed by atoms with Crippen LogP contribution in [0.4, 0.5) is 0 Å². The largest absolute Gasteiger partial charge is 0.349 e. The van der Waals surface area contributed by atoms with Gasteiger partial charge in [0.2, 0.25) is 5.91 Å². The molecule has 38 heavy (non-hydrogen) atoms. The third-order valence-corrected chi connectivity index (χ3v) is 11.0. The number of amides is 1. The first-order valence-electron chi connectivity index (χ1n) is 14.3. The van der Waals surface area contributed by atoms with Crippen LogP contribution in [0.2, 0.25) is 0 Å². The Kier molecular flexibility index (Phi) is 12.2. The lowest BCUT2D eigenvalue weighted by Crippen LogP contribution is -2.72.